The molecule has 3 rings (SSSR count). The first-order chi connectivity index (χ1) is 11.1. The van der Waals surface area contributed by atoms with Gasteiger partial charge in [-0.2, -0.15) is 0 Å². The minimum absolute atomic E-state index is 0.246. The first-order valence-corrected chi connectivity index (χ1v) is 7.91. The SMILES string of the molecule is CCCc1ccc(C2=CCc3cc(C(=O)O)c(F)cc3C2)cc1. The van der Waals surface area contributed by atoms with E-state index in [1.54, 1.807) is 0 Å². The van der Waals surface area contributed by atoms with Gasteiger partial charge in [0, 0.05) is 0 Å². The van der Waals surface area contributed by atoms with Gasteiger partial charge in [-0.05, 0) is 59.2 Å². The maximum absolute atomic E-state index is 13.9. The average Bonchev–Trinajstić information content (AvgIpc) is 2.54. The van der Waals surface area contributed by atoms with Crippen molar-refractivity contribution in [1.29, 1.82) is 0 Å². The van der Waals surface area contributed by atoms with E-state index in [9.17, 15) is 9.18 Å². The zero-order chi connectivity index (χ0) is 16.4. The number of aromatic carboxylic acids is 1. The van der Waals surface area contributed by atoms with Crippen molar-refractivity contribution in [2.75, 3.05) is 0 Å². The molecule has 0 spiro atoms. The minimum Gasteiger partial charge on any atom is -0.478 e. The number of allylic oxidation sites excluding steroid dienone is 2. The van der Waals surface area contributed by atoms with Gasteiger partial charge in [0.05, 0.1) is 5.56 Å². The van der Waals surface area contributed by atoms with Crippen LogP contribution in [0.15, 0.2) is 42.5 Å². The van der Waals surface area contributed by atoms with Crippen LogP contribution in [-0.4, -0.2) is 11.1 Å². The minimum atomic E-state index is -1.22. The number of carboxylic acid groups (broad SMARTS) is 1. The van der Waals surface area contributed by atoms with Crippen LogP contribution in [0, 0.1) is 5.82 Å². The summed E-state index contributed by atoms with van der Waals surface area (Å²) in [5, 5.41) is 9.01. The van der Waals surface area contributed by atoms with Crippen molar-refractivity contribution in [1.82, 2.24) is 0 Å². The van der Waals surface area contributed by atoms with E-state index >= 15 is 0 Å². The monoisotopic (exact) mass is 310 g/mol. The molecule has 0 aliphatic heterocycles. The van der Waals surface area contributed by atoms with E-state index < -0.39 is 11.8 Å². The smallest absolute Gasteiger partial charge is 0.338 e. The van der Waals surface area contributed by atoms with Gasteiger partial charge in [-0.3, -0.25) is 0 Å². The number of hydrogen-bond acceptors (Lipinski definition) is 1. The van der Waals surface area contributed by atoms with Gasteiger partial charge < -0.3 is 5.11 Å². The molecule has 0 fully saturated rings. The number of fused-ring (bicyclic) bond motifs is 1. The first-order valence-electron chi connectivity index (χ1n) is 7.91. The number of carboxylic acids is 1. The van der Waals surface area contributed by atoms with Crippen LogP contribution in [0.3, 0.4) is 0 Å². The molecule has 1 aliphatic rings. The van der Waals surface area contributed by atoms with Gasteiger partial charge in [0.15, 0.2) is 0 Å². The van der Waals surface area contributed by atoms with Gasteiger partial charge in [-0.1, -0.05) is 43.7 Å². The molecular formula is C20H19FO2. The molecule has 1 N–H and O–H groups in total. The molecule has 0 unspecified atom stereocenters. The van der Waals surface area contributed by atoms with Crippen molar-refractivity contribution in [3.63, 3.8) is 0 Å². The lowest BCUT2D eigenvalue weighted by Crippen LogP contribution is -2.08. The number of rotatable bonds is 4. The van der Waals surface area contributed by atoms with Crippen molar-refractivity contribution in [2.24, 2.45) is 0 Å². The third-order valence-corrected chi connectivity index (χ3v) is 4.33. The zero-order valence-electron chi connectivity index (χ0n) is 13.1. The molecule has 0 saturated carbocycles. The van der Waals surface area contributed by atoms with Gasteiger partial charge in [-0.25, -0.2) is 9.18 Å². The van der Waals surface area contributed by atoms with Crippen LogP contribution in [0.25, 0.3) is 5.57 Å². The molecule has 2 aromatic rings. The fraction of sp³-hybridized carbons (Fsp3) is 0.250. The Hall–Kier alpha value is -2.42. The van der Waals surface area contributed by atoms with E-state index in [4.69, 9.17) is 5.11 Å². The maximum Gasteiger partial charge on any atom is 0.338 e. The van der Waals surface area contributed by atoms with Gasteiger partial charge in [0.25, 0.3) is 0 Å². The summed E-state index contributed by atoms with van der Waals surface area (Å²) in [6.45, 7) is 2.16. The zero-order valence-corrected chi connectivity index (χ0v) is 13.1. The Morgan fingerprint density at radius 1 is 1.17 bits per heavy atom. The molecule has 0 atom stereocenters. The largest absolute Gasteiger partial charge is 0.478 e. The Balaban J connectivity index is 1.86. The van der Waals surface area contributed by atoms with Crippen molar-refractivity contribution in [3.05, 3.63) is 76.1 Å². The molecule has 2 nitrogen and oxygen atoms in total. The lowest BCUT2D eigenvalue weighted by molar-refractivity contribution is 0.0691. The van der Waals surface area contributed by atoms with Crippen molar-refractivity contribution >= 4 is 11.5 Å². The van der Waals surface area contributed by atoms with Crippen LogP contribution < -0.4 is 0 Å². The summed E-state index contributed by atoms with van der Waals surface area (Å²) in [7, 11) is 0. The van der Waals surface area contributed by atoms with Crippen LogP contribution in [0.2, 0.25) is 0 Å². The summed E-state index contributed by atoms with van der Waals surface area (Å²) >= 11 is 0. The van der Waals surface area contributed by atoms with Crippen LogP contribution in [0.5, 0.6) is 0 Å². The van der Waals surface area contributed by atoms with Gasteiger partial charge in [0.2, 0.25) is 0 Å². The summed E-state index contributed by atoms with van der Waals surface area (Å²) in [6.07, 6.45) is 5.59. The lowest BCUT2D eigenvalue weighted by Gasteiger charge is -2.18. The van der Waals surface area contributed by atoms with E-state index in [1.165, 1.54) is 23.3 Å². The first kappa shape index (κ1) is 15.5. The standard InChI is InChI=1S/C20H19FO2/c1-2-3-13-4-6-14(7-5-13)15-8-9-16-11-18(20(22)23)19(21)12-17(16)10-15/h4-8,11-12H,2-3,9-10H2,1H3,(H,22,23). The van der Waals surface area contributed by atoms with E-state index in [-0.39, 0.29) is 5.56 Å². The van der Waals surface area contributed by atoms with E-state index in [1.807, 2.05) is 0 Å². The van der Waals surface area contributed by atoms with E-state index in [0.29, 0.717) is 12.8 Å². The number of halogens is 1. The second-order valence-corrected chi connectivity index (χ2v) is 5.96. The predicted octanol–water partition coefficient (Wildman–Crippen LogP) is 4.66. The molecule has 0 bridgehead atoms. The highest BCUT2D eigenvalue weighted by molar-refractivity contribution is 5.88. The number of benzene rings is 2. The molecule has 0 heterocycles. The Morgan fingerprint density at radius 2 is 1.91 bits per heavy atom. The summed E-state index contributed by atoms with van der Waals surface area (Å²) in [5.41, 5.74) is 5.17. The number of hydrogen-bond donors (Lipinski definition) is 1. The Bertz CT molecular complexity index is 773. The molecule has 0 amide bonds. The second kappa shape index (κ2) is 6.37. The third-order valence-electron chi connectivity index (χ3n) is 4.33. The van der Waals surface area contributed by atoms with Gasteiger partial charge in [-0.15, -0.1) is 0 Å². The summed E-state index contributed by atoms with van der Waals surface area (Å²) in [4.78, 5) is 11.0. The van der Waals surface area contributed by atoms with Crippen LogP contribution in [0.1, 0.15) is 46.0 Å². The predicted molar refractivity (Wildman–Crippen MR) is 89.2 cm³/mol. The summed E-state index contributed by atoms with van der Waals surface area (Å²) in [6, 6.07) is 11.3. The molecule has 2 aromatic carbocycles. The van der Waals surface area contributed by atoms with Gasteiger partial charge >= 0.3 is 5.97 Å². The normalized spacial score (nSPS) is 13.4. The van der Waals surface area contributed by atoms with Crippen molar-refractivity contribution < 1.29 is 14.3 Å². The molecule has 0 aromatic heterocycles. The summed E-state index contributed by atoms with van der Waals surface area (Å²) in [5.74, 6) is -1.87. The molecule has 118 valence electrons. The van der Waals surface area contributed by atoms with Crippen molar-refractivity contribution in [2.45, 2.75) is 32.6 Å². The number of aryl methyl sites for hydroxylation is 1. The molecule has 0 saturated heterocycles. The molecular weight excluding hydrogens is 291 g/mol. The molecule has 3 heteroatoms. The third kappa shape index (κ3) is 3.19. The fourth-order valence-electron chi connectivity index (χ4n) is 3.08. The molecule has 1 aliphatic carbocycles. The number of carbonyl (C=O) groups is 1. The molecule has 23 heavy (non-hydrogen) atoms. The van der Waals surface area contributed by atoms with E-state index in [2.05, 4.69) is 37.3 Å². The quantitative estimate of drug-likeness (QED) is 0.892. The highest BCUT2D eigenvalue weighted by atomic mass is 19.1. The Morgan fingerprint density at radius 3 is 2.57 bits per heavy atom. The summed E-state index contributed by atoms with van der Waals surface area (Å²) < 4.78 is 13.9. The van der Waals surface area contributed by atoms with Crippen molar-refractivity contribution in [3.8, 4) is 0 Å². The fourth-order valence-corrected chi connectivity index (χ4v) is 3.08. The average molecular weight is 310 g/mol. The van der Waals surface area contributed by atoms with Crippen LogP contribution in [-0.2, 0) is 19.3 Å². The highest BCUT2D eigenvalue weighted by Crippen LogP contribution is 2.29. The van der Waals surface area contributed by atoms with Crippen LogP contribution >= 0.6 is 0 Å². The Kier molecular flexibility index (Phi) is 4.28. The second-order valence-electron chi connectivity index (χ2n) is 5.96. The Labute approximate surface area is 135 Å². The van der Waals surface area contributed by atoms with Gasteiger partial charge in [0.1, 0.15) is 5.82 Å². The molecule has 0 radical (unpaired) electrons. The maximum atomic E-state index is 13.9. The lowest BCUT2D eigenvalue weighted by atomic mass is 9.86. The highest BCUT2D eigenvalue weighted by Gasteiger charge is 2.18. The van der Waals surface area contributed by atoms with E-state index in [0.717, 1.165) is 29.5 Å². The topological polar surface area (TPSA) is 37.3 Å². The van der Waals surface area contributed by atoms with Crippen LogP contribution in [0.4, 0.5) is 4.39 Å².